The van der Waals surface area contributed by atoms with Crippen molar-refractivity contribution in [1.29, 1.82) is 0 Å². The standard InChI is InChI=1S/C21H33N3O4S/c1-16(17-8-9-17)23(2)15-21(25)22-19-14-18(10-11-20(19)28-3)29(26,27)24-12-6-4-5-7-13-24/h10-11,14,16-17H,4-9,12-13,15H2,1-3H3,(H,22,25)/t16-/m0/s1. The minimum absolute atomic E-state index is 0.178. The second-order valence-electron chi connectivity index (χ2n) is 8.22. The summed E-state index contributed by atoms with van der Waals surface area (Å²) in [5, 5.41) is 2.85. The van der Waals surface area contributed by atoms with Gasteiger partial charge in [0.25, 0.3) is 0 Å². The van der Waals surface area contributed by atoms with E-state index in [1.54, 1.807) is 16.4 Å². The van der Waals surface area contributed by atoms with Crippen molar-refractivity contribution in [3.05, 3.63) is 18.2 Å². The number of rotatable bonds is 8. The molecule has 7 nitrogen and oxygen atoms in total. The van der Waals surface area contributed by atoms with E-state index < -0.39 is 10.0 Å². The lowest BCUT2D eigenvalue weighted by atomic mass is 10.2. The average molecular weight is 424 g/mol. The molecule has 1 N–H and O–H groups in total. The van der Waals surface area contributed by atoms with Gasteiger partial charge in [0.15, 0.2) is 0 Å². The molecular weight excluding hydrogens is 390 g/mol. The first-order valence-corrected chi connectivity index (χ1v) is 11.9. The molecule has 0 aromatic heterocycles. The minimum Gasteiger partial charge on any atom is -0.495 e. The summed E-state index contributed by atoms with van der Waals surface area (Å²) >= 11 is 0. The molecule has 0 radical (unpaired) electrons. The average Bonchev–Trinajstić information content (AvgIpc) is 3.53. The summed E-state index contributed by atoms with van der Waals surface area (Å²) in [6, 6.07) is 5.03. The van der Waals surface area contributed by atoms with Gasteiger partial charge in [-0.3, -0.25) is 9.69 Å². The van der Waals surface area contributed by atoms with Crippen molar-refractivity contribution in [3.8, 4) is 5.75 Å². The molecule has 1 saturated heterocycles. The van der Waals surface area contributed by atoms with Gasteiger partial charge in [-0.1, -0.05) is 12.8 Å². The Morgan fingerprint density at radius 2 is 1.90 bits per heavy atom. The van der Waals surface area contributed by atoms with E-state index in [4.69, 9.17) is 4.74 Å². The molecule has 8 heteroatoms. The van der Waals surface area contributed by atoms with Crippen LogP contribution in [0.1, 0.15) is 45.4 Å². The number of methoxy groups -OCH3 is 1. The lowest BCUT2D eigenvalue weighted by Crippen LogP contribution is -2.37. The van der Waals surface area contributed by atoms with Gasteiger partial charge in [0.1, 0.15) is 5.75 Å². The highest BCUT2D eigenvalue weighted by atomic mass is 32.2. The predicted molar refractivity (Wildman–Crippen MR) is 114 cm³/mol. The summed E-state index contributed by atoms with van der Waals surface area (Å²) < 4.78 is 33.1. The largest absolute Gasteiger partial charge is 0.495 e. The van der Waals surface area contributed by atoms with Gasteiger partial charge >= 0.3 is 0 Å². The number of nitrogens with one attached hydrogen (secondary N) is 1. The monoisotopic (exact) mass is 423 g/mol. The topological polar surface area (TPSA) is 79.0 Å². The molecule has 2 fully saturated rings. The number of carbonyl (C=O) groups excluding carboxylic acids is 1. The van der Waals surface area contributed by atoms with E-state index in [9.17, 15) is 13.2 Å². The summed E-state index contributed by atoms with van der Waals surface area (Å²) in [4.78, 5) is 14.8. The molecule has 1 aromatic rings. The lowest BCUT2D eigenvalue weighted by Gasteiger charge is -2.24. The van der Waals surface area contributed by atoms with Gasteiger partial charge in [0, 0.05) is 19.1 Å². The zero-order valence-corrected chi connectivity index (χ0v) is 18.5. The number of sulfonamides is 1. The normalized spacial score (nSPS) is 19.6. The molecule has 0 spiro atoms. The van der Waals surface area contributed by atoms with E-state index in [0.29, 0.717) is 36.5 Å². The molecule has 0 bridgehead atoms. The quantitative estimate of drug-likeness (QED) is 0.696. The maximum Gasteiger partial charge on any atom is 0.243 e. The second-order valence-corrected chi connectivity index (χ2v) is 10.2. The molecule has 1 heterocycles. The molecule has 162 valence electrons. The Morgan fingerprint density at radius 3 is 2.48 bits per heavy atom. The van der Waals surface area contributed by atoms with E-state index in [1.165, 1.54) is 26.0 Å². The second kappa shape index (κ2) is 9.45. The Bertz CT molecular complexity index is 815. The maximum absolute atomic E-state index is 13.1. The van der Waals surface area contributed by atoms with Crippen molar-refractivity contribution in [2.75, 3.05) is 39.1 Å². The Labute approximate surface area is 174 Å². The number of hydrogen-bond donors (Lipinski definition) is 1. The Hall–Kier alpha value is -1.64. The van der Waals surface area contributed by atoms with Crippen LogP contribution < -0.4 is 10.1 Å². The zero-order valence-electron chi connectivity index (χ0n) is 17.7. The summed E-state index contributed by atoms with van der Waals surface area (Å²) in [6.07, 6.45) is 6.31. The zero-order chi connectivity index (χ0) is 21.0. The minimum atomic E-state index is -3.59. The third kappa shape index (κ3) is 5.49. The maximum atomic E-state index is 13.1. The van der Waals surface area contributed by atoms with Crippen LogP contribution in [-0.4, -0.2) is 63.4 Å². The molecule has 1 amide bonds. The number of hydrogen-bond acceptors (Lipinski definition) is 5. The van der Waals surface area contributed by atoms with Gasteiger partial charge in [-0.05, 0) is 63.8 Å². The van der Waals surface area contributed by atoms with Crippen molar-refractivity contribution in [3.63, 3.8) is 0 Å². The fraction of sp³-hybridized carbons (Fsp3) is 0.667. The third-order valence-corrected chi connectivity index (χ3v) is 7.93. The third-order valence-electron chi connectivity index (χ3n) is 6.04. The van der Waals surface area contributed by atoms with Gasteiger partial charge in [0.05, 0.1) is 24.2 Å². The van der Waals surface area contributed by atoms with Crippen LogP contribution in [0.5, 0.6) is 5.75 Å². The van der Waals surface area contributed by atoms with Crippen LogP contribution in [0.15, 0.2) is 23.1 Å². The number of carbonyl (C=O) groups is 1. The van der Waals surface area contributed by atoms with Gasteiger partial charge in [-0.15, -0.1) is 0 Å². The molecule has 1 atom stereocenters. The Morgan fingerprint density at radius 1 is 1.24 bits per heavy atom. The first-order chi connectivity index (χ1) is 13.8. The fourth-order valence-electron chi connectivity index (χ4n) is 3.88. The highest BCUT2D eigenvalue weighted by Crippen LogP contribution is 2.34. The fourth-order valence-corrected chi connectivity index (χ4v) is 5.42. The number of likely N-dealkylation sites (N-methyl/N-ethyl adjacent to an activating group) is 1. The van der Waals surface area contributed by atoms with Crippen LogP contribution in [0.3, 0.4) is 0 Å². The summed E-state index contributed by atoms with van der Waals surface area (Å²) in [6.45, 7) is 3.48. The molecule has 1 aromatic carbocycles. The van der Waals surface area contributed by atoms with Crippen LogP contribution in [0.4, 0.5) is 5.69 Å². The van der Waals surface area contributed by atoms with Gasteiger partial charge < -0.3 is 10.1 Å². The van der Waals surface area contributed by atoms with Crippen molar-refractivity contribution >= 4 is 21.6 Å². The Balaban J connectivity index is 1.74. The highest BCUT2D eigenvalue weighted by molar-refractivity contribution is 7.89. The molecule has 2 aliphatic rings. The van der Waals surface area contributed by atoms with Crippen LogP contribution in [-0.2, 0) is 14.8 Å². The molecule has 1 aliphatic heterocycles. The lowest BCUT2D eigenvalue weighted by molar-refractivity contribution is -0.117. The van der Waals surface area contributed by atoms with Crippen LogP contribution >= 0.6 is 0 Å². The number of benzene rings is 1. The molecular formula is C21H33N3O4S. The number of amides is 1. The summed E-state index contributed by atoms with van der Waals surface area (Å²) in [5.41, 5.74) is 0.390. The molecule has 29 heavy (non-hydrogen) atoms. The number of ether oxygens (including phenoxy) is 1. The summed E-state index contributed by atoms with van der Waals surface area (Å²) in [7, 11) is -0.138. The first-order valence-electron chi connectivity index (χ1n) is 10.5. The van der Waals surface area contributed by atoms with E-state index in [2.05, 4.69) is 12.2 Å². The van der Waals surface area contributed by atoms with Crippen LogP contribution in [0.25, 0.3) is 0 Å². The number of anilines is 1. The van der Waals surface area contributed by atoms with Crippen LogP contribution in [0.2, 0.25) is 0 Å². The van der Waals surface area contributed by atoms with Crippen molar-refractivity contribution in [2.45, 2.75) is 56.4 Å². The van der Waals surface area contributed by atoms with E-state index in [-0.39, 0.29) is 17.3 Å². The highest BCUT2D eigenvalue weighted by Gasteiger charge is 2.31. The first kappa shape index (κ1) is 22.1. The van der Waals surface area contributed by atoms with Crippen molar-refractivity contribution < 1.29 is 17.9 Å². The molecule has 1 saturated carbocycles. The van der Waals surface area contributed by atoms with E-state index in [1.807, 2.05) is 11.9 Å². The van der Waals surface area contributed by atoms with Gasteiger partial charge in [-0.25, -0.2) is 8.42 Å². The predicted octanol–water partition coefficient (Wildman–Crippen LogP) is 2.93. The smallest absolute Gasteiger partial charge is 0.243 e. The van der Waals surface area contributed by atoms with E-state index >= 15 is 0 Å². The van der Waals surface area contributed by atoms with Gasteiger partial charge in [0.2, 0.25) is 15.9 Å². The van der Waals surface area contributed by atoms with E-state index in [0.717, 1.165) is 25.7 Å². The number of nitrogens with zero attached hydrogens (tertiary/aromatic N) is 2. The van der Waals surface area contributed by atoms with Gasteiger partial charge in [-0.2, -0.15) is 4.31 Å². The molecule has 0 unspecified atom stereocenters. The Kier molecular flexibility index (Phi) is 7.19. The van der Waals surface area contributed by atoms with Crippen molar-refractivity contribution in [1.82, 2.24) is 9.21 Å². The van der Waals surface area contributed by atoms with Crippen LogP contribution in [0, 0.1) is 5.92 Å². The van der Waals surface area contributed by atoms with Crippen molar-refractivity contribution in [2.24, 2.45) is 5.92 Å². The summed E-state index contributed by atoms with van der Waals surface area (Å²) in [5.74, 6) is 0.943. The molecule has 3 rings (SSSR count). The molecule has 1 aliphatic carbocycles. The SMILES string of the molecule is COc1ccc(S(=O)(=O)N2CCCCCC2)cc1NC(=O)CN(C)[C@@H](C)C1CC1.